The molecule has 0 spiro atoms. The molecular weight excluding hydrogens is 366 g/mol. The van der Waals surface area contributed by atoms with Crippen molar-refractivity contribution >= 4 is 10.0 Å². The van der Waals surface area contributed by atoms with Crippen molar-refractivity contribution in [3.63, 3.8) is 0 Å². The highest BCUT2D eigenvalue weighted by molar-refractivity contribution is 7.89. The van der Waals surface area contributed by atoms with Crippen LogP contribution in [-0.2, 0) is 29.5 Å². The molecule has 2 aliphatic rings. The second-order valence-corrected chi connectivity index (χ2v) is 8.97. The summed E-state index contributed by atoms with van der Waals surface area (Å²) in [5.74, 6) is 1.31. The van der Waals surface area contributed by atoms with Gasteiger partial charge in [-0.05, 0) is 55.9 Å². The SMILES string of the molecule is N#Cc1ccc(S(=O)(=O)NC2CCc3nn(CC4CC4)c(=O)n3CC2)cc1. The van der Waals surface area contributed by atoms with Gasteiger partial charge in [-0.3, -0.25) is 4.57 Å². The third kappa shape index (κ3) is 3.82. The molecule has 0 saturated heterocycles. The molecule has 4 rings (SSSR count). The Morgan fingerprint density at radius 2 is 1.93 bits per heavy atom. The van der Waals surface area contributed by atoms with Crippen molar-refractivity contribution in [3.05, 3.63) is 46.1 Å². The minimum atomic E-state index is -3.67. The number of benzene rings is 1. The molecule has 1 fully saturated rings. The van der Waals surface area contributed by atoms with Gasteiger partial charge in [0.05, 0.1) is 16.5 Å². The minimum absolute atomic E-state index is 0.0903. The molecule has 1 aliphatic heterocycles. The molecule has 1 saturated carbocycles. The number of rotatable bonds is 5. The largest absolute Gasteiger partial charge is 0.345 e. The molecule has 8 nitrogen and oxygen atoms in total. The topological polar surface area (TPSA) is 110 Å². The Bertz CT molecular complexity index is 1040. The normalized spacial score (nSPS) is 19.9. The van der Waals surface area contributed by atoms with Gasteiger partial charge < -0.3 is 0 Å². The number of hydrogen-bond donors (Lipinski definition) is 1. The Morgan fingerprint density at radius 1 is 1.19 bits per heavy atom. The van der Waals surface area contributed by atoms with Crippen LogP contribution in [0.1, 0.15) is 37.1 Å². The molecule has 1 unspecified atom stereocenters. The zero-order chi connectivity index (χ0) is 19.0. The molecule has 1 atom stereocenters. The van der Waals surface area contributed by atoms with Gasteiger partial charge >= 0.3 is 5.69 Å². The summed E-state index contributed by atoms with van der Waals surface area (Å²) in [4.78, 5) is 12.6. The van der Waals surface area contributed by atoms with Crippen molar-refractivity contribution in [1.29, 1.82) is 5.26 Å². The van der Waals surface area contributed by atoms with Crippen LogP contribution in [0, 0.1) is 17.2 Å². The van der Waals surface area contributed by atoms with E-state index in [4.69, 9.17) is 5.26 Å². The molecule has 27 heavy (non-hydrogen) atoms. The first-order chi connectivity index (χ1) is 13.0. The second-order valence-electron chi connectivity index (χ2n) is 7.26. The fraction of sp³-hybridized carbons (Fsp3) is 0.500. The Balaban J connectivity index is 1.45. The average Bonchev–Trinajstić information content (AvgIpc) is 3.45. The lowest BCUT2D eigenvalue weighted by atomic mass is 10.1. The van der Waals surface area contributed by atoms with E-state index >= 15 is 0 Å². The number of hydrogen-bond acceptors (Lipinski definition) is 5. The van der Waals surface area contributed by atoms with Crippen LogP contribution >= 0.6 is 0 Å². The second kappa shape index (κ2) is 6.94. The number of nitrogens with one attached hydrogen (secondary N) is 1. The van der Waals surface area contributed by atoms with Crippen LogP contribution in [0.5, 0.6) is 0 Å². The fourth-order valence-electron chi connectivity index (χ4n) is 3.41. The highest BCUT2D eigenvalue weighted by Crippen LogP contribution is 2.30. The van der Waals surface area contributed by atoms with Crippen LogP contribution < -0.4 is 10.4 Å². The maximum absolute atomic E-state index is 12.6. The van der Waals surface area contributed by atoms with Crippen LogP contribution in [0.15, 0.2) is 34.0 Å². The van der Waals surface area contributed by atoms with E-state index in [-0.39, 0.29) is 16.6 Å². The molecule has 2 heterocycles. The van der Waals surface area contributed by atoms with E-state index in [1.807, 2.05) is 6.07 Å². The highest BCUT2D eigenvalue weighted by atomic mass is 32.2. The van der Waals surface area contributed by atoms with Crippen molar-refractivity contribution in [3.8, 4) is 6.07 Å². The van der Waals surface area contributed by atoms with Crippen molar-refractivity contribution in [2.24, 2.45) is 5.92 Å². The van der Waals surface area contributed by atoms with Crippen molar-refractivity contribution < 1.29 is 8.42 Å². The first kappa shape index (κ1) is 17.9. The number of aryl methyl sites for hydroxylation is 1. The van der Waals surface area contributed by atoms with Gasteiger partial charge in [-0.1, -0.05) is 0 Å². The van der Waals surface area contributed by atoms with Crippen molar-refractivity contribution in [1.82, 2.24) is 19.1 Å². The van der Waals surface area contributed by atoms with Crippen LogP contribution in [0.25, 0.3) is 0 Å². The standard InChI is InChI=1S/C18H21N5O3S/c19-11-13-3-6-16(7-4-13)27(25,26)21-15-5-8-17-20-23(12-14-1-2-14)18(24)22(17)10-9-15/h3-4,6-7,14-15,21H,1-2,5,8-10,12H2. The fourth-order valence-corrected chi connectivity index (χ4v) is 4.71. The summed E-state index contributed by atoms with van der Waals surface area (Å²) in [6.07, 6.45) is 4.02. The molecule has 1 aliphatic carbocycles. The molecule has 1 aromatic heterocycles. The van der Waals surface area contributed by atoms with Gasteiger partial charge in [-0.25, -0.2) is 22.6 Å². The Morgan fingerprint density at radius 3 is 2.59 bits per heavy atom. The number of fused-ring (bicyclic) bond motifs is 1. The third-order valence-corrected chi connectivity index (χ3v) is 6.70. The molecular formula is C18H21N5O3S. The van der Waals surface area contributed by atoms with Gasteiger partial charge in [0.15, 0.2) is 0 Å². The molecule has 142 valence electrons. The predicted octanol–water partition coefficient (Wildman–Crippen LogP) is 1.01. The minimum Gasteiger partial charge on any atom is -0.279 e. The maximum atomic E-state index is 12.6. The van der Waals surface area contributed by atoms with Crippen LogP contribution in [0.3, 0.4) is 0 Å². The smallest absolute Gasteiger partial charge is 0.279 e. The third-order valence-electron chi connectivity index (χ3n) is 5.16. The monoisotopic (exact) mass is 387 g/mol. The lowest BCUT2D eigenvalue weighted by Crippen LogP contribution is -2.35. The molecule has 9 heteroatoms. The van der Waals surface area contributed by atoms with E-state index < -0.39 is 10.0 Å². The summed E-state index contributed by atoms with van der Waals surface area (Å²) in [6, 6.07) is 7.54. The van der Waals surface area contributed by atoms with Gasteiger partial charge in [0.25, 0.3) is 0 Å². The molecule has 0 amide bonds. The zero-order valence-corrected chi connectivity index (χ0v) is 15.7. The van der Waals surface area contributed by atoms with Gasteiger partial charge in [-0.2, -0.15) is 10.4 Å². The quantitative estimate of drug-likeness (QED) is 0.823. The maximum Gasteiger partial charge on any atom is 0.345 e. The Hall–Kier alpha value is -2.44. The molecule has 1 N–H and O–H groups in total. The van der Waals surface area contributed by atoms with Crippen LogP contribution in [0.4, 0.5) is 0 Å². The van der Waals surface area contributed by atoms with Crippen LogP contribution in [-0.4, -0.2) is 28.8 Å². The van der Waals surface area contributed by atoms with Gasteiger partial charge in [0.2, 0.25) is 10.0 Å². The predicted molar refractivity (Wildman–Crippen MR) is 97.4 cm³/mol. The average molecular weight is 387 g/mol. The zero-order valence-electron chi connectivity index (χ0n) is 14.8. The van der Waals surface area contributed by atoms with Gasteiger partial charge in [0.1, 0.15) is 5.82 Å². The lowest BCUT2D eigenvalue weighted by Gasteiger charge is -2.16. The molecule has 0 bridgehead atoms. The number of nitriles is 1. The van der Waals surface area contributed by atoms with E-state index in [0.717, 1.165) is 18.7 Å². The van der Waals surface area contributed by atoms with Crippen molar-refractivity contribution in [2.75, 3.05) is 0 Å². The van der Waals surface area contributed by atoms with E-state index in [0.29, 0.717) is 43.8 Å². The van der Waals surface area contributed by atoms with Gasteiger partial charge in [0, 0.05) is 25.6 Å². The number of aromatic nitrogens is 3. The number of nitrogens with zero attached hydrogens (tertiary/aromatic N) is 4. The van der Waals surface area contributed by atoms with E-state index in [1.165, 1.54) is 24.3 Å². The van der Waals surface area contributed by atoms with Crippen molar-refractivity contribution in [2.45, 2.75) is 56.1 Å². The highest BCUT2D eigenvalue weighted by Gasteiger charge is 2.27. The Kier molecular flexibility index (Phi) is 4.61. The van der Waals surface area contributed by atoms with E-state index in [1.54, 1.807) is 9.25 Å². The van der Waals surface area contributed by atoms with E-state index in [2.05, 4.69) is 9.82 Å². The summed E-state index contributed by atoms with van der Waals surface area (Å²) >= 11 is 0. The summed E-state index contributed by atoms with van der Waals surface area (Å²) in [5, 5.41) is 13.3. The lowest BCUT2D eigenvalue weighted by molar-refractivity contribution is 0.479. The molecule has 0 radical (unpaired) electrons. The first-order valence-electron chi connectivity index (χ1n) is 9.15. The van der Waals surface area contributed by atoms with Crippen LogP contribution in [0.2, 0.25) is 0 Å². The summed E-state index contributed by atoms with van der Waals surface area (Å²) in [6.45, 7) is 1.15. The van der Waals surface area contributed by atoms with E-state index in [9.17, 15) is 13.2 Å². The summed E-state index contributed by atoms with van der Waals surface area (Å²) in [7, 11) is -3.67. The summed E-state index contributed by atoms with van der Waals surface area (Å²) < 4.78 is 31.2. The Labute approximate surface area is 157 Å². The summed E-state index contributed by atoms with van der Waals surface area (Å²) in [5.41, 5.74) is 0.323. The number of sulfonamides is 1. The van der Waals surface area contributed by atoms with Gasteiger partial charge in [-0.15, -0.1) is 0 Å². The molecule has 2 aromatic rings. The molecule has 1 aromatic carbocycles. The first-order valence-corrected chi connectivity index (χ1v) is 10.6.